The predicted octanol–water partition coefficient (Wildman–Crippen LogP) is 2.26. The van der Waals surface area contributed by atoms with E-state index < -0.39 is 17.2 Å². The van der Waals surface area contributed by atoms with Gasteiger partial charge in [0.25, 0.3) is 0 Å². The molecule has 6 nitrogen and oxygen atoms in total. The second-order valence-electron chi connectivity index (χ2n) is 6.12. The summed E-state index contributed by atoms with van der Waals surface area (Å²) in [5.41, 5.74) is 0.790. The van der Waals surface area contributed by atoms with E-state index in [1.54, 1.807) is 24.3 Å². The zero-order chi connectivity index (χ0) is 18.4. The van der Waals surface area contributed by atoms with E-state index in [2.05, 4.69) is 15.6 Å². The summed E-state index contributed by atoms with van der Waals surface area (Å²) < 4.78 is 17.9. The van der Waals surface area contributed by atoms with Gasteiger partial charge in [0.1, 0.15) is 5.82 Å². The van der Waals surface area contributed by atoms with Crippen LogP contribution in [0.5, 0.6) is 5.88 Å². The molecule has 2 aromatic rings. The summed E-state index contributed by atoms with van der Waals surface area (Å²) in [5, 5.41) is 5.05. The molecule has 132 valence electrons. The fraction of sp³-hybridized carbons (Fsp3) is 0.278. The number of pyridine rings is 1. The third-order valence-corrected chi connectivity index (χ3v) is 3.73. The lowest BCUT2D eigenvalue weighted by Crippen LogP contribution is -2.42. The molecule has 7 heteroatoms. The van der Waals surface area contributed by atoms with E-state index in [4.69, 9.17) is 4.74 Å². The van der Waals surface area contributed by atoms with Crippen molar-refractivity contribution in [2.75, 3.05) is 19.0 Å². The number of methoxy groups -OCH3 is 1. The molecule has 0 saturated carbocycles. The van der Waals surface area contributed by atoms with Crippen molar-refractivity contribution >= 4 is 17.5 Å². The molecule has 2 N–H and O–H groups in total. The summed E-state index contributed by atoms with van der Waals surface area (Å²) >= 11 is 0. The fourth-order valence-electron chi connectivity index (χ4n) is 2.15. The van der Waals surface area contributed by atoms with Crippen LogP contribution in [0.2, 0.25) is 0 Å². The number of ether oxygens (including phenoxy) is 1. The minimum atomic E-state index is -0.790. The maximum absolute atomic E-state index is 13.0. The van der Waals surface area contributed by atoms with Gasteiger partial charge >= 0.3 is 11.8 Å². The first-order chi connectivity index (χ1) is 11.8. The normalized spacial score (nSPS) is 10.9. The number of hydrogen-bond donors (Lipinski definition) is 2. The van der Waals surface area contributed by atoms with Gasteiger partial charge in [-0.3, -0.25) is 9.59 Å². The van der Waals surface area contributed by atoms with Crippen LogP contribution in [0, 0.1) is 5.82 Å². The first-order valence-electron chi connectivity index (χ1n) is 7.67. The molecule has 0 fully saturated rings. The summed E-state index contributed by atoms with van der Waals surface area (Å²) in [5.74, 6) is -1.47. The Labute approximate surface area is 145 Å². The van der Waals surface area contributed by atoms with Gasteiger partial charge in [-0.25, -0.2) is 9.37 Å². The highest BCUT2D eigenvalue weighted by molar-refractivity contribution is 6.39. The zero-order valence-electron chi connectivity index (χ0n) is 14.3. The van der Waals surface area contributed by atoms with E-state index >= 15 is 0 Å². The number of carbonyl (C=O) groups excluding carboxylic acids is 2. The van der Waals surface area contributed by atoms with Gasteiger partial charge < -0.3 is 15.4 Å². The van der Waals surface area contributed by atoms with Gasteiger partial charge in [-0.05, 0) is 23.8 Å². The highest BCUT2D eigenvalue weighted by Crippen LogP contribution is 2.22. The van der Waals surface area contributed by atoms with Crippen molar-refractivity contribution in [3.05, 3.63) is 54.0 Å². The molecule has 0 atom stereocenters. The molecule has 0 unspecified atom stereocenters. The van der Waals surface area contributed by atoms with E-state index in [-0.39, 0.29) is 12.4 Å². The van der Waals surface area contributed by atoms with Crippen LogP contribution >= 0.6 is 0 Å². The maximum atomic E-state index is 13.0. The first kappa shape index (κ1) is 18.4. The van der Waals surface area contributed by atoms with Crippen LogP contribution in [-0.4, -0.2) is 30.5 Å². The highest BCUT2D eigenvalue weighted by atomic mass is 19.1. The van der Waals surface area contributed by atoms with Crippen LogP contribution in [0.25, 0.3) is 0 Å². The van der Waals surface area contributed by atoms with Crippen LogP contribution in [0.15, 0.2) is 42.6 Å². The summed E-state index contributed by atoms with van der Waals surface area (Å²) in [6.45, 7) is 4.02. The molecule has 0 saturated heterocycles. The Hall–Kier alpha value is -2.96. The summed E-state index contributed by atoms with van der Waals surface area (Å²) in [6.07, 6.45) is 1.40. The highest BCUT2D eigenvalue weighted by Gasteiger charge is 2.23. The number of nitrogens with one attached hydrogen (secondary N) is 2. The molecule has 0 aliphatic heterocycles. The minimum absolute atomic E-state index is 0.228. The molecule has 1 aromatic carbocycles. The quantitative estimate of drug-likeness (QED) is 0.815. The van der Waals surface area contributed by atoms with Gasteiger partial charge in [0.15, 0.2) is 0 Å². The topological polar surface area (TPSA) is 80.3 Å². The summed E-state index contributed by atoms with van der Waals surface area (Å²) in [7, 11) is 1.48. The molecular formula is C18H20FN3O3. The molecule has 2 amide bonds. The van der Waals surface area contributed by atoms with Crippen LogP contribution < -0.4 is 15.4 Å². The number of benzene rings is 1. The van der Waals surface area contributed by atoms with Gasteiger partial charge in [0.05, 0.1) is 19.0 Å². The van der Waals surface area contributed by atoms with Gasteiger partial charge in [-0.1, -0.05) is 26.0 Å². The van der Waals surface area contributed by atoms with Crippen LogP contribution in [0.4, 0.5) is 10.1 Å². The molecule has 0 aliphatic rings. The Morgan fingerprint density at radius 2 is 1.80 bits per heavy atom. The predicted molar refractivity (Wildman–Crippen MR) is 91.9 cm³/mol. The second kappa shape index (κ2) is 7.74. The third-order valence-electron chi connectivity index (χ3n) is 3.73. The van der Waals surface area contributed by atoms with E-state index in [1.165, 1.54) is 25.4 Å². The van der Waals surface area contributed by atoms with Crippen LogP contribution in [0.3, 0.4) is 0 Å². The van der Waals surface area contributed by atoms with E-state index in [9.17, 15) is 14.0 Å². The lowest BCUT2D eigenvalue weighted by molar-refractivity contribution is -0.136. The number of nitrogens with zero attached hydrogens (tertiary/aromatic N) is 1. The Kier molecular flexibility index (Phi) is 5.69. The van der Waals surface area contributed by atoms with E-state index in [1.807, 2.05) is 13.8 Å². The molecule has 2 rings (SSSR count). The number of anilines is 1. The molecule has 1 aromatic heterocycles. The van der Waals surface area contributed by atoms with E-state index in [0.717, 1.165) is 5.56 Å². The van der Waals surface area contributed by atoms with Crippen molar-refractivity contribution in [1.29, 1.82) is 0 Å². The van der Waals surface area contributed by atoms with Crippen LogP contribution in [-0.2, 0) is 15.0 Å². The molecule has 25 heavy (non-hydrogen) atoms. The smallest absolute Gasteiger partial charge is 0.313 e. The van der Waals surface area contributed by atoms with Gasteiger partial charge in [0, 0.05) is 18.0 Å². The Morgan fingerprint density at radius 1 is 1.12 bits per heavy atom. The van der Waals surface area contributed by atoms with Crippen molar-refractivity contribution in [2.45, 2.75) is 19.3 Å². The van der Waals surface area contributed by atoms with Gasteiger partial charge in [-0.15, -0.1) is 0 Å². The van der Waals surface area contributed by atoms with Crippen molar-refractivity contribution in [1.82, 2.24) is 10.3 Å². The number of carbonyl (C=O) groups is 2. The largest absolute Gasteiger partial charge is 0.481 e. The number of hydrogen-bond acceptors (Lipinski definition) is 4. The van der Waals surface area contributed by atoms with Crippen LogP contribution in [0.1, 0.15) is 19.4 Å². The lowest BCUT2D eigenvalue weighted by atomic mass is 9.84. The Bertz CT molecular complexity index is 743. The number of aromatic nitrogens is 1. The Morgan fingerprint density at radius 3 is 2.36 bits per heavy atom. The number of rotatable bonds is 5. The maximum Gasteiger partial charge on any atom is 0.313 e. The number of halogens is 1. The lowest BCUT2D eigenvalue weighted by Gasteiger charge is -2.25. The molecule has 0 radical (unpaired) electrons. The molecular weight excluding hydrogens is 325 g/mol. The van der Waals surface area contributed by atoms with E-state index in [0.29, 0.717) is 11.6 Å². The average Bonchev–Trinajstić information content (AvgIpc) is 2.60. The first-order valence-corrected chi connectivity index (χ1v) is 7.67. The standard InChI is InChI=1S/C18H20FN3O3/c1-18(2,12-4-6-13(19)7-5-12)11-21-16(23)17(24)22-14-8-9-15(25-3)20-10-14/h4-10H,11H2,1-3H3,(H,21,23)(H,22,24). The summed E-state index contributed by atoms with van der Waals surface area (Å²) in [4.78, 5) is 27.8. The van der Waals surface area contributed by atoms with Gasteiger partial charge in [0.2, 0.25) is 5.88 Å². The average molecular weight is 345 g/mol. The molecule has 1 heterocycles. The molecule has 0 bridgehead atoms. The third kappa shape index (κ3) is 5.00. The van der Waals surface area contributed by atoms with Crippen molar-refractivity contribution in [3.63, 3.8) is 0 Å². The monoisotopic (exact) mass is 345 g/mol. The fourth-order valence-corrected chi connectivity index (χ4v) is 2.15. The van der Waals surface area contributed by atoms with Crippen molar-refractivity contribution in [3.8, 4) is 5.88 Å². The molecule has 0 aliphatic carbocycles. The zero-order valence-corrected chi connectivity index (χ0v) is 14.3. The Balaban J connectivity index is 1.91. The van der Waals surface area contributed by atoms with Gasteiger partial charge in [-0.2, -0.15) is 0 Å². The molecule has 0 spiro atoms. The van der Waals surface area contributed by atoms with Crippen molar-refractivity contribution < 1.29 is 18.7 Å². The van der Waals surface area contributed by atoms with Crippen molar-refractivity contribution in [2.24, 2.45) is 0 Å². The second-order valence-corrected chi connectivity index (χ2v) is 6.12. The summed E-state index contributed by atoms with van der Waals surface area (Å²) in [6, 6.07) is 9.20. The SMILES string of the molecule is COc1ccc(NC(=O)C(=O)NCC(C)(C)c2ccc(F)cc2)cn1. The minimum Gasteiger partial charge on any atom is -0.481 e. The number of amides is 2.